The third kappa shape index (κ3) is 5.29. The summed E-state index contributed by atoms with van der Waals surface area (Å²) in [5.74, 6) is -0.639. The number of ether oxygens (including phenoxy) is 2. The van der Waals surface area contributed by atoms with E-state index in [1.54, 1.807) is 29.2 Å². The Balaban J connectivity index is 1.58. The van der Waals surface area contributed by atoms with Gasteiger partial charge in [-0.25, -0.2) is 0 Å². The Bertz CT molecular complexity index is 981. The molecule has 3 heterocycles. The predicted molar refractivity (Wildman–Crippen MR) is 127 cm³/mol. The molecular weight excluding hydrogens is 440 g/mol. The number of aliphatic hydroxyl groups excluding tert-OH is 1. The van der Waals surface area contributed by atoms with E-state index in [9.17, 15) is 14.7 Å². The number of carbonyl (C=O) groups excluding carboxylic acids is 2. The smallest absolute Gasteiger partial charge is 0.295 e. The van der Waals surface area contributed by atoms with Crippen LogP contribution in [0.15, 0.2) is 47.4 Å². The van der Waals surface area contributed by atoms with E-state index in [0.717, 1.165) is 50.6 Å². The molecule has 0 aliphatic carbocycles. The van der Waals surface area contributed by atoms with E-state index in [1.807, 2.05) is 24.4 Å². The van der Waals surface area contributed by atoms with Crippen LogP contribution in [0, 0.1) is 0 Å². The number of nitrogens with zero attached hydrogens (tertiary/aromatic N) is 2. The van der Waals surface area contributed by atoms with Gasteiger partial charge in [0.25, 0.3) is 11.7 Å². The van der Waals surface area contributed by atoms with Crippen LogP contribution in [-0.2, 0) is 14.3 Å². The average molecular weight is 471 g/mol. The second-order valence-electron chi connectivity index (χ2n) is 8.19. The van der Waals surface area contributed by atoms with Gasteiger partial charge in [-0.15, -0.1) is 11.3 Å². The van der Waals surface area contributed by atoms with E-state index < -0.39 is 17.7 Å². The molecule has 0 radical (unpaired) electrons. The van der Waals surface area contributed by atoms with Crippen LogP contribution >= 0.6 is 11.3 Å². The Hall–Kier alpha value is -2.68. The Morgan fingerprint density at radius 1 is 1.15 bits per heavy atom. The summed E-state index contributed by atoms with van der Waals surface area (Å²) in [5, 5.41) is 13.0. The largest absolute Gasteiger partial charge is 0.507 e. The number of hydrogen-bond donors (Lipinski definition) is 1. The van der Waals surface area contributed by atoms with Gasteiger partial charge in [-0.3, -0.25) is 14.5 Å². The zero-order valence-electron chi connectivity index (χ0n) is 18.9. The van der Waals surface area contributed by atoms with Crippen LogP contribution < -0.4 is 4.74 Å². The van der Waals surface area contributed by atoms with Crippen LogP contribution in [0.2, 0.25) is 0 Å². The lowest BCUT2D eigenvalue weighted by Gasteiger charge is -2.28. The number of likely N-dealkylation sites (tertiary alicyclic amines) is 1. The number of amides is 1. The molecule has 2 saturated heterocycles. The summed E-state index contributed by atoms with van der Waals surface area (Å²) in [5.41, 5.74) is 0.641. The topological polar surface area (TPSA) is 79.3 Å². The zero-order valence-corrected chi connectivity index (χ0v) is 19.7. The van der Waals surface area contributed by atoms with E-state index in [4.69, 9.17) is 9.47 Å². The van der Waals surface area contributed by atoms with Gasteiger partial charge in [-0.05, 0) is 48.6 Å². The van der Waals surface area contributed by atoms with Crippen LogP contribution in [0.1, 0.15) is 36.2 Å². The normalized spacial score (nSPS) is 21.0. The van der Waals surface area contributed by atoms with Crippen molar-refractivity contribution in [1.82, 2.24) is 9.80 Å². The van der Waals surface area contributed by atoms with Crippen LogP contribution in [0.3, 0.4) is 0 Å². The average Bonchev–Trinajstić information content (AvgIpc) is 3.46. The second-order valence-corrected chi connectivity index (χ2v) is 9.17. The molecule has 0 saturated carbocycles. The molecule has 2 aromatic rings. The fourth-order valence-electron chi connectivity index (χ4n) is 4.23. The molecule has 0 spiro atoms. The van der Waals surface area contributed by atoms with E-state index in [1.165, 1.54) is 11.3 Å². The number of aliphatic hydroxyl groups is 1. The highest BCUT2D eigenvalue weighted by atomic mass is 32.1. The Labute approximate surface area is 198 Å². The molecule has 176 valence electrons. The molecule has 33 heavy (non-hydrogen) atoms. The van der Waals surface area contributed by atoms with E-state index in [2.05, 4.69) is 4.90 Å². The number of morpholine rings is 1. The standard InChI is InChI=1S/C25H30N2O5S/c1-2-14-32-19-8-6-18(7-9-19)23(28)21-22(20-5-3-17-33-20)27(25(30)24(21)29)11-4-10-26-12-15-31-16-13-26/h3,5-9,17,22,28H,2,4,10-16H2,1H3/t22-/m0/s1. The minimum atomic E-state index is -0.636. The van der Waals surface area contributed by atoms with Gasteiger partial charge in [0.2, 0.25) is 0 Å². The number of ketones is 1. The van der Waals surface area contributed by atoms with Gasteiger partial charge < -0.3 is 19.5 Å². The summed E-state index contributed by atoms with van der Waals surface area (Å²) in [6.07, 6.45) is 1.65. The van der Waals surface area contributed by atoms with Crippen molar-refractivity contribution in [3.05, 3.63) is 57.8 Å². The van der Waals surface area contributed by atoms with Crippen molar-refractivity contribution in [1.29, 1.82) is 0 Å². The maximum absolute atomic E-state index is 13.1. The number of rotatable bonds is 9. The molecule has 2 fully saturated rings. The first kappa shape index (κ1) is 23.5. The van der Waals surface area contributed by atoms with Gasteiger partial charge in [0.05, 0.1) is 31.4 Å². The lowest BCUT2D eigenvalue weighted by Crippen LogP contribution is -2.38. The lowest BCUT2D eigenvalue weighted by atomic mass is 10.00. The van der Waals surface area contributed by atoms with Crippen LogP contribution in [0.4, 0.5) is 0 Å². The molecule has 7 nitrogen and oxygen atoms in total. The molecule has 1 aromatic carbocycles. The van der Waals surface area contributed by atoms with Crippen LogP contribution in [0.5, 0.6) is 5.75 Å². The fraction of sp³-hybridized carbons (Fsp3) is 0.440. The molecule has 1 aromatic heterocycles. The monoisotopic (exact) mass is 470 g/mol. The highest BCUT2D eigenvalue weighted by Crippen LogP contribution is 2.41. The highest BCUT2D eigenvalue weighted by molar-refractivity contribution is 7.10. The molecule has 4 rings (SSSR count). The van der Waals surface area contributed by atoms with Gasteiger partial charge in [-0.2, -0.15) is 0 Å². The van der Waals surface area contributed by atoms with Crippen molar-refractivity contribution in [2.45, 2.75) is 25.8 Å². The molecule has 1 N–H and O–H groups in total. The van der Waals surface area contributed by atoms with Gasteiger partial charge in [0, 0.05) is 36.6 Å². The second kappa shape index (κ2) is 11.0. The summed E-state index contributed by atoms with van der Waals surface area (Å²) < 4.78 is 11.0. The molecule has 0 bridgehead atoms. The fourth-order valence-corrected chi connectivity index (χ4v) is 5.07. The molecule has 2 aliphatic heterocycles. The molecule has 8 heteroatoms. The van der Waals surface area contributed by atoms with E-state index >= 15 is 0 Å². The van der Waals surface area contributed by atoms with Crippen LogP contribution in [0.25, 0.3) is 5.76 Å². The molecule has 1 atom stereocenters. The van der Waals surface area contributed by atoms with E-state index in [0.29, 0.717) is 24.5 Å². The first-order valence-electron chi connectivity index (χ1n) is 11.4. The maximum atomic E-state index is 13.1. The highest BCUT2D eigenvalue weighted by Gasteiger charge is 2.46. The van der Waals surface area contributed by atoms with Crippen LogP contribution in [-0.4, -0.2) is 72.6 Å². The number of hydrogen-bond acceptors (Lipinski definition) is 7. The summed E-state index contributed by atoms with van der Waals surface area (Å²) in [6, 6.07) is 10.2. The number of carbonyl (C=O) groups is 2. The van der Waals surface area contributed by atoms with E-state index in [-0.39, 0.29) is 11.3 Å². The van der Waals surface area contributed by atoms with Crippen molar-refractivity contribution < 1.29 is 24.2 Å². The lowest BCUT2D eigenvalue weighted by molar-refractivity contribution is -0.140. The Morgan fingerprint density at radius 3 is 2.58 bits per heavy atom. The first-order chi connectivity index (χ1) is 16.1. The molecule has 0 unspecified atom stereocenters. The van der Waals surface area contributed by atoms with Crippen molar-refractivity contribution in [3.63, 3.8) is 0 Å². The Morgan fingerprint density at radius 2 is 1.91 bits per heavy atom. The third-order valence-electron chi connectivity index (χ3n) is 5.93. The predicted octanol–water partition coefficient (Wildman–Crippen LogP) is 3.68. The Kier molecular flexibility index (Phi) is 7.80. The SMILES string of the molecule is CCCOc1ccc(C(O)=C2C(=O)C(=O)N(CCCN3CCOCC3)[C@H]2c2cccs2)cc1. The summed E-state index contributed by atoms with van der Waals surface area (Å²) in [4.78, 5) is 30.8. The van der Waals surface area contributed by atoms with Crippen molar-refractivity contribution in [2.75, 3.05) is 46.0 Å². The van der Waals surface area contributed by atoms with Gasteiger partial charge >= 0.3 is 0 Å². The minimum Gasteiger partial charge on any atom is -0.507 e. The van der Waals surface area contributed by atoms with Gasteiger partial charge in [0.15, 0.2) is 0 Å². The summed E-state index contributed by atoms with van der Waals surface area (Å²) >= 11 is 1.48. The molecule has 2 aliphatic rings. The van der Waals surface area contributed by atoms with Crippen molar-refractivity contribution in [3.8, 4) is 5.75 Å². The quantitative estimate of drug-likeness (QED) is 0.342. The minimum absolute atomic E-state index is 0.149. The summed E-state index contributed by atoms with van der Waals surface area (Å²) in [6.45, 7) is 7.14. The number of Topliss-reactive ketones (excluding diaryl/α,β-unsaturated/α-hetero) is 1. The van der Waals surface area contributed by atoms with Crippen molar-refractivity contribution in [2.24, 2.45) is 0 Å². The van der Waals surface area contributed by atoms with Gasteiger partial charge in [0.1, 0.15) is 11.5 Å². The first-order valence-corrected chi connectivity index (χ1v) is 12.3. The third-order valence-corrected chi connectivity index (χ3v) is 6.86. The van der Waals surface area contributed by atoms with Gasteiger partial charge in [-0.1, -0.05) is 13.0 Å². The molecule has 1 amide bonds. The summed E-state index contributed by atoms with van der Waals surface area (Å²) in [7, 11) is 0. The molecular formula is C25H30N2O5S. The zero-order chi connectivity index (χ0) is 23.2. The maximum Gasteiger partial charge on any atom is 0.295 e. The number of thiophene rings is 1. The van der Waals surface area contributed by atoms with Crippen molar-refractivity contribution >= 4 is 28.8 Å². The number of benzene rings is 1.